The zero-order valence-corrected chi connectivity index (χ0v) is 19.4. The maximum atomic E-state index is 12.8. The number of hydrogen-bond donors (Lipinski definition) is 0. The van der Waals surface area contributed by atoms with E-state index in [2.05, 4.69) is 10.6 Å². The zero-order valence-electron chi connectivity index (χ0n) is 19.4. The standard InChI is InChI=1S/C28H29N3O3/c1-33-25-15-7-8-16-26(25)34-18-10-9-17-30-24-14-6-5-13-23(24)29-28(30)21-19-27(32)31(20-21)22-11-3-2-4-12-22/h2-8,11-16,21H,9-10,17-20H2,1H3. The molecule has 0 bridgehead atoms. The molecule has 5 rings (SSSR count). The third-order valence-corrected chi connectivity index (χ3v) is 6.34. The number of anilines is 1. The summed E-state index contributed by atoms with van der Waals surface area (Å²) >= 11 is 0. The summed E-state index contributed by atoms with van der Waals surface area (Å²) in [5, 5.41) is 0. The van der Waals surface area contributed by atoms with E-state index >= 15 is 0 Å². The molecule has 0 radical (unpaired) electrons. The zero-order chi connectivity index (χ0) is 23.3. The maximum Gasteiger partial charge on any atom is 0.227 e. The van der Waals surface area contributed by atoms with Crippen molar-refractivity contribution in [1.29, 1.82) is 0 Å². The predicted molar refractivity (Wildman–Crippen MR) is 134 cm³/mol. The Bertz CT molecular complexity index is 1270. The molecule has 0 N–H and O–H groups in total. The first-order chi connectivity index (χ1) is 16.7. The number of nitrogens with zero attached hydrogens (tertiary/aromatic N) is 3. The lowest BCUT2D eigenvalue weighted by atomic mass is 10.1. The molecule has 1 atom stereocenters. The first kappa shape index (κ1) is 22.0. The molecule has 0 saturated carbocycles. The third-order valence-electron chi connectivity index (χ3n) is 6.34. The van der Waals surface area contributed by atoms with E-state index in [1.165, 1.54) is 0 Å². The van der Waals surface area contributed by atoms with Gasteiger partial charge >= 0.3 is 0 Å². The minimum Gasteiger partial charge on any atom is -0.493 e. The largest absolute Gasteiger partial charge is 0.493 e. The van der Waals surface area contributed by atoms with E-state index in [0.29, 0.717) is 19.6 Å². The van der Waals surface area contributed by atoms with Crippen LogP contribution in [0.3, 0.4) is 0 Å². The van der Waals surface area contributed by atoms with Crippen molar-refractivity contribution in [3.05, 3.63) is 84.7 Å². The molecule has 1 saturated heterocycles. The molecule has 6 nitrogen and oxygen atoms in total. The molecule has 174 valence electrons. The molecule has 0 spiro atoms. The molecule has 1 fully saturated rings. The Hall–Kier alpha value is -3.80. The van der Waals surface area contributed by atoms with Crippen LogP contribution in [-0.2, 0) is 11.3 Å². The average Bonchev–Trinajstić information content (AvgIpc) is 3.45. The number of amides is 1. The number of para-hydroxylation sites is 5. The number of aryl methyl sites for hydroxylation is 1. The van der Waals surface area contributed by atoms with Crippen LogP contribution in [0, 0.1) is 0 Å². The van der Waals surface area contributed by atoms with Crippen LogP contribution in [0.5, 0.6) is 11.5 Å². The van der Waals surface area contributed by atoms with Gasteiger partial charge in [0, 0.05) is 31.1 Å². The molecule has 1 aliphatic rings. The van der Waals surface area contributed by atoms with Gasteiger partial charge in [-0.1, -0.05) is 42.5 Å². The van der Waals surface area contributed by atoms with Gasteiger partial charge in [-0.3, -0.25) is 4.79 Å². The van der Waals surface area contributed by atoms with Crippen molar-refractivity contribution in [1.82, 2.24) is 9.55 Å². The van der Waals surface area contributed by atoms with Crippen LogP contribution < -0.4 is 14.4 Å². The minimum absolute atomic E-state index is 0.0740. The highest BCUT2D eigenvalue weighted by molar-refractivity contribution is 5.96. The van der Waals surface area contributed by atoms with Crippen molar-refractivity contribution in [3.63, 3.8) is 0 Å². The van der Waals surface area contributed by atoms with Gasteiger partial charge in [-0.15, -0.1) is 0 Å². The van der Waals surface area contributed by atoms with Crippen molar-refractivity contribution in [2.75, 3.05) is 25.2 Å². The number of ether oxygens (including phenoxy) is 2. The van der Waals surface area contributed by atoms with Crippen LogP contribution in [0.2, 0.25) is 0 Å². The van der Waals surface area contributed by atoms with Gasteiger partial charge in [-0.05, 0) is 49.2 Å². The fraction of sp³-hybridized carbons (Fsp3) is 0.286. The number of carbonyl (C=O) groups is 1. The number of rotatable bonds is 9. The smallest absolute Gasteiger partial charge is 0.227 e. The first-order valence-electron chi connectivity index (χ1n) is 11.8. The Morgan fingerprint density at radius 3 is 2.47 bits per heavy atom. The quantitative estimate of drug-likeness (QED) is 0.316. The lowest BCUT2D eigenvalue weighted by molar-refractivity contribution is -0.117. The number of benzene rings is 3. The molecule has 4 aromatic rings. The van der Waals surface area contributed by atoms with Crippen LogP contribution in [0.25, 0.3) is 11.0 Å². The monoisotopic (exact) mass is 455 g/mol. The molecule has 6 heteroatoms. The lowest BCUT2D eigenvalue weighted by Crippen LogP contribution is -2.24. The fourth-order valence-corrected chi connectivity index (χ4v) is 4.67. The highest BCUT2D eigenvalue weighted by Gasteiger charge is 2.34. The van der Waals surface area contributed by atoms with Gasteiger partial charge in [0.25, 0.3) is 0 Å². The Balaban J connectivity index is 1.28. The van der Waals surface area contributed by atoms with Crippen molar-refractivity contribution in [2.24, 2.45) is 0 Å². The van der Waals surface area contributed by atoms with Crippen molar-refractivity contribution in [2.45, 2.75) is 31.7 Å². The van der Waals surface area contributed by atoms with E-state index in [4.69, 9.17) is 14.5 Å². The van der Waals surface area contributed by atoms with Crippen molar-refractivity contribution in [3.8, 4) is 11.5 Å². The molecule has 3 aromatic carbocycles. The summed E-state index contributed by atoms with van der Waals surface area (Å²) in [4.78, 5) is 19.7. The SMILES string of the molecule is COc1ccccc1OCCCCn1c(C2CC(=O)N(c3ccccc3)C2)nc2ccccc21. The second-order valence-corrected chi connectivity index (χ2v) is 8.56. The van der Waals surface area contributed by atoms with E-state index in [1.807, 2.05) is 77.7 Å². The summed E-state index contributed by atoms with van der Waals surface area (Å²) in [7, 11) is 1.65. The Labute approximate surface area is 199 Å². The van der Waals surface area contributed by atoms with Gasteiger partial charge in [-0.2, -0.15) is 0 Å². The van der Waals surface area contributed by atoms with Crippen LogP contribution in [0.1, 0.15) is 31.0 Å². The van der Waals surface area contributed by atoms with Gasteiger partial charge in [-0.25, -0.2) is 4.98 Å². The summed E-state index contributed by atoms with van der Waals surface area (Å²) in [5.74, 6) is 2.74. The Morgan fingerprint density at radius 2 is 1.65 bits per heavy atom. The number of fused-ring (bicyclic) bond motifs is 1. The third kappa shape index (κ3) is 4.49. The van der Waals surface area contributed by atoms with Crippen molar-refractivity contribution < 1.29 is 14.3 Å². The number of unbranched alkanes of at least 4 members (excludes halogenated alkanes) is 1. The molecule has 1 aromatic heterocycles. The summed E-state index contributed by atoms with van der Waals surface area (Å²) in [6, 6.07) is 25.8. The van der Waals surface area contributed by atoms with Gasteiger partial charge < -0.3 is 18.9 Å². The highest BCUT2D eigenvalue weighted by Crippen LogP contribution is 2.33. The van der Waals surface area contributed by atoms with Crippen molar-refractivity contribution >= 4 is 22.6 Å². The molecule has 0 aliphatic carbocycles. The lowest BCUT2D eigenvalue weighted by Gasteiger charge is -2.17. The summed E-state index contributed by atoms with van der Waals surface area (Å²) in [6.07, 6.45) is 2.34. The minimum atomic E-state index is 0.0740. The van der Waals surface area contributed by atoms with Gasteiger partial charge in [0.2, 0.25) is 5.91 Å². The van der Waals surface area contributed by atoms with Crippen LogP contribution in [0.15, 0.2) is 78.9 Å². The normalized spacial score (nSPS) is 15.7. The number of aromatic nitrogens is 2. The second-order valence-electron chi connectivity index (χ2n) is 8.56. The number of imidazole rings is 1. The summed E-state index contributed by atoms with van der Waals surface area (Å²) < 4.78 is 13.6. The van der Waals surface area contributed by atoms with E-state index in [1.54, 1.807) is 7.11 Å². The molecular formula is C28H29N3O3. The van der Waals surface area contributed by atoms with E-state index in [9.17, 15) is 4.79 Å². The van der Waals surface area contributed by atoms with E-state index < -0.39 is 0 Å². The molecule has 1 amide bonds. The van der Waals surface area contributed by atoms with Crippen LogP contribution in [0.4, 0.5) is 5.69 Å². The Morgan fingerprint density at radius 1 is 0.912 bits per heavy atom. The topological polar surface area (TPSA) is 56.6 Å². The maximum absolute atomic E-state index is 12.8. The number of hydrogen-bond acceptors (Lipinski definition) is 4. The van der Waals surface area contributed by atoms with Crippen LogP contribution in [-0.4, -0.2) is 35.7 Å². The molecule has 1 unspecified atom stereocenters. The molecular weight excluding hydrogens is 426 g/mol. The van der Waals surface area contributed by atoms with Gasteiger partial charge in [0.1, 0.15) is 5.82 Å². The Kier molecular flexibility index (Phi) is 6.47. The van der Waals surface area contributed by atoms with Crippen LogP contribution >= 0.6 is 0 Å². The van der Waals surface area contributed by atoms with Gasteiger partial charge in [0.05, 0.1) is 24.8 Å². The summed E-state index contributed by atoms with van der Waals surface area (Å²) in [5.41, 5.74) is 3.05. The second kappa shape index (κ2) is 10.00. The van der Waals surface area contributed by atoms with Gasteiger partial charge in [0.15, 0.2) is 11.5 Å². The molecule has 1 aliphatic heterocycles. The highest BCUT2D eigenvalue weighted by atomic mass is 16.5. The predicted octanol–water partition coefficient (Wildman–Crippen LogP) is 5.42. The number of carbonyl (C=O) groups excluding carboxylic acids is 1. The summed E-state index contributed by atoms with van der Waals surface area (Å²) in [6.45, 7) is 2.11. The van der Waals surface area contributed by atoms with E-state index in [0.717, 1.165) is 53.4 Å². The molecule has 34 heavy (non-hydrogen) atoms. The fourth-order valence-electron chi connectivity index (χ4n) is 4.67. The molecule has 2 heterocycles. The number of methoxy groups -OCH3 is 1. The van der Waals surface area contributed by atoms with E-state index in [-0.39, 0.29) is 11.8 Å². The first-order valence-corrected chi connectivity index (χ1v) is 11.8. The average molecular weight is 456 g/mol.